The van der Waals surface area contributed by atoms with Gasteiger partial charge in [-0.25, -0.2) is 0 Å². The lowest BCUT2D eigenvalue weighted by atomic mass is 10.2. The number of hydrogen-bond acceptors (Lipinski definition) is 3. The van der Waals surface area contributed by atoms with Gasteiger partial charge in [0.1, 0.15) is 0 Å². The van der Waals surface area contributed by atoms with Crippen molar-refractivity contribution in [1.29, 1.82) is 0 Å². The number of nitrogens with one attached hydrogen (secondary N) is 1. The highest BCUT2D eigenvalue weighted by atomic mass is 32.2. The first-order valence-corrected chi connectivity index (χ1v) is 7.00. The van der Waals surface area contributed by atoms with Gasteiger partial charge < -0.3 is 5.32 Å². The average Bonchev–Trinajstić information content (AvgIpc) is 2.21. The molecule has 0 bridgehead atoms. The third kappa shape index (κ3) is 4.88. The summed E-state index contributed by atoms with van der Waals surface area (Å²) in [7, 11) is 0. The molecule has 0 saturated heterocycles. The van der Waals surface area contributed by atoms with E-state index in [9.17, 15) is 0 Å². The van der Waals surface area contributed by atoms with Crippen LogP contribution in [0.15, 0.2) is 18.5 Å². The van der Waals surface area contributed by atoms with Crippen molar-refractivity contribution < 1.29 is 0 Å². The third-order valence-corrected chi connectivity index (χ3v) is 3.90. The molecule has 1 rings (SSSR count). The van der Waals surface area contributed by atoms with Gasteiger partial charge in [-0.2, -0.15) is 11.8 Å². The highest BCUT2D eigenvalue weighted by Gasteiger charge is 2.04. The molecule has 0 aliphatic heterocycles. The van der Waals surface area contributed by atoms with E-state index in [4.69, 9.17) is 0 Å². The minimum absolute atomic E-state index is 0.492. The van der Waals surface area contributed by atoms with Crippen LogP contribution >= 0.6 is 11.8 Å². The van der Waals surface area contributed by atoms with Crippen LogP contribution in [0.3, 0.4) is 0 Å². The molecule has 0 fully saturated rings. The molecule has 0 aromatic carbocycles. The first-order valence-electron chi connectivity index (χ1n) is 5.84. The Morgan fingerprint density at radius 2 is 2.06 bits per heavy atom. The molecule has 0 amide bonds. The van der Waals surface area contributed by atoms with E-state index in [0.29, 0.717) is 6.04 Å². The molecule has 1 aromatic rings. The summed E-state index contributed by atoms with van der Waals surface area (Å²) in [5, 5.41) is 3.50. The van der Waals surface area contributed by atoms with Crippen molar-refractivity contribution in [2.75, 3.05) is 16.8 Å². The summed E-state index contributed by atoms with van der Waals surface area (Å²) in [4.78, 5) is 4.14. The van der Waals surface area contributed by atoms with E-state index in [-0.39, 0.29) is 0 Å². The molecule has 2 nitrogen and oxygen atoms in total. The summed E-state index contributed by atoms with van der Waals surface area (Å²) in [6.45, 7) is 8.85. The standard InChI is InChI=1S/C13H22N2S/c1-10(2)8-16-9-12(4)15-13-7-14-6-5-11(13)3/h5-7,10,12,15H,8-9H2,1-4H3. The van der Waals surface area contributed by atoms with Gasteiger partial charge in [-0.3, -0.25) is 4.98 Å². The Labute approximate surface area is 103 Å². The van der Waals surface area contributed by atoms with Gasteiger partial charge in [0.15, 0.2) is 0 Å². The molecular weight excluding hydrogens is 216 g/mol. The van der Waals surface area contributed by atoms with E-state index in [0.717, 1.165) is 17.4 Å². The Hall–Kier alpha value is -0.700. The Balaban J connectivity index is 2.34. The molecule has 0 saturated carbocycles. The highest BCUT2D eigenvalue weighted by molar-refractivity contribution is 7.99. The van der Waals surface area contributed by atoms with Gasteiger partial charge in [-0.15, -0.1) is 0 Å². The minimum atomic E-state index is 0.492. The average molecular weight is 238 g/mol. The Morgan fingerprint density at radius 1 is 1.31 bits per heavy atom. The van der Waals surface area contributed by atoms with E-state index in [1.807, 2.05) is 30.2 Å². The summed E-state index contributed by atoms with van der Waals surface area (Å²) in [5.74, 6) is 3.15. The smallest absolute Gasteiger partial charge is 0.0558 e. The molecule has 1 heterocycles. The van der Waals surface area contributed by atoms with Crippen LogP contribution in [-0.4, -0.2) is 22.5 Å². The Bertz CT molecular complexity index is 313. The zero-order chi connectivity index (χ0) is 12.0. The summed E-state index contributed by atoms with van der Waals surface area (Å²) in [6, 6.07) is 2.53. The molecule has 0 radical (unpaired) electrons. The lowest BCUT2D eigenvalue weighted by molar-refractivity contribution is 0.748. The van der Waals surface area contributed by atoms with Gasteiger partial charge in [0.05, 0.1) is 11.9 Å². The van der Waals surface area contributed by atoms with Crippen molar-refractivity contribution in [2.24, 2.45) is 5.92 Å². The predicted molar refractivity (Wildman–Crippen MR) is 74.2 cm³/mol. The second kappa shape index (κ2) is 6.79. The van der Waals surface area contributed by atoms with Crippen molar-refractivity contribution in [3.63, 3.8) is 0 Å². The maximum atomic E-state index is 4.14. The van der Waals surface area contributed by atoms with Crippen LogP contribution in [0.25, 0.3) is 0 Å². The number of rotatable bonds is 6. The van der Waals surface area contributed by atoms with Crippen molar-refractivity contribution >= 4 is 17.4 Å². The van der Waals surface area contributed by atoms with Crippen LogP contribution in [0.1, 0.15) is 26.3 Å². The van der Waals surface area contributed by atoms with Crippen LogP contribution in [0.5, 0.6) is 0 Å². The summed E-state index contributed by atoms with van der Waals surface area (Å²) < 4.78 is 0. The normalized spacial score (nSPS) is 12.8. The molecule has 1 unspecified atom stereocenters. The lowest BCUT2D eigenvalue weighted by Gasteiger charge is -2.16. The fourth-order valence-electron chi connectivity index (χ4n) is 1.40. The van der Waals surface area contributed by atoms with Gasteiger partial charge >= 0.3 is 0 Å². The maximum Gasteiger partial charge on any atom is 0.0558 e. The molecule has 1 atom stereocenters. The van der Waals surface area contributed by atoms with E-state index in [2.05, 4.69) is 38.0 Å². The minimum Gasteiger partial charge on any atom is -0.380 e. The van der Waals surface area contributed by atoms with E-state index >= 15 is 0 Å². The zero-order valence-corrected chi connectivity index (χ0v) is 11.5. The first-order chi connectivity index (χ1) is 7.59. The van der Waals surface area contributed by atoms with Gasteiger partial charge in [-0.1, -0.05) is 13.8 Å². The molecule has 0 aliphatic carbocycles. The molecule has 3 heteroatoms. The van der Waals surface area contributed by atoms with Gasteiger partial charge in [0.2, 0.25) is 0 Å². The number of hydrogen-bond donors (Lipinski definition) is 1. The van der Waals surface area contributed by atoms with Gasteiger partial charge in [0, 0.05) is 18.0 Å². The first kappa shape index (κ1) is 13.4. The van der Waals surface area contributed by atoms with Gasteiger partial charge in [-0.05, 0) is 37.1 Å². The summed E-state index contributed by atoms with van der Waals surface area (Å²) >= 11 is 2.01. The number of nitrogens with zero attached hydrogens (tertiary/aromatic N) is 1. The maximum absolute atomic E-state index is 4.14. The molecule has 1 aromatic heterocycles. The quantitative estimate of drug-likeness (QED) is 0.820. The van der Waals surface area contributed by atoms with Crippen molar-refractivity contribution in [3.8, 4) is 0 Å². The van der Waals surface area contributed by atoms with Crippen molar-refractivity contribution in [2.45, 2.75) is 33.7 Å². The van der Waals surface area contributed by atoms with Crippen molar-refractivity contribution in [3.05, 3.63) is 24.0 Å². The van der Waals surface area contributed by atoms with E-state index < -0.39 is 0 Å². The monoisotopic (exact) mass is 238 g/mol. The second-order valence-corrected chi connectivity index (χ2v) is 5.74. The van der Waals surface area contributed by atoms with Crippen LogP contribution in [0, 0.1) is 12.8 Å². The molecular formula is C13H22N2S. The van der Waals surface area contributed by atoms with E-state index in [1.54, 1.807) is 0 Å². The van der Waals surface area contributed by atoms with Gasteiger partial charge in [0.25, 0.3) is 0 Å². The number of thioether (sulfide) groups is 1. The fraction of sp³-hybridized carbons (Fsp3) is 0.615. The summed E-state index contributed by atoms with van der Waals surface area (Å²) in [6.07, 6.45) is 3.73. The molecule has 1 N–H and O–H groups in total. The topological polar surface area (TPSA) is 24.9 Å². The molecule has 16 heavy (non-hydrogen) atoms. The number of pyridine rings is 1. The zero-order valence-electron chi connectivity index (χ0n) is 10.7. The largest absolute Gasteiger partial charge is 0.380 e. The van der Waals surface area contributed by atoms with Crippen LogP contribution < -0.4 is 5.32 Å². The van der Waals surface area contributed by atoms with Crippen LogP contribution in [0.4, 0.5) is 5.69 Å². The number of anilines is 1. The highest BCUT2D eigenvalue weighted by Crippen LogP contribution is 2.15. The molecule has 90 valence electrons. The van der Waals surface area contributed by atoms with Crippen LogP contribution in [0.2, 0.25) is 0 Å². The SMILES string of the molecule is Cc1ccncc1NC(C)CSCC(C)C. The molecule has 0 spiro atoms. The van der Waals surface area contributed by atoms with Crippen molar-refractivity contribution in [1.82, 2.24) is 4.98 Å². The Kier molecular flexibility index (Phi) is 5.67. The Morgan fingerprint density at radius 3 is 2.69 bits per heavy atom. The second-order valence-electron chi connectivity index (χ2n) is 4.67. The summed E-state index contributed by atoms with van der Waals surface area (Å²) in [5.41, 5.74) is 2.41. The number of aromatic nitrogens is 1. The fourth-order valence-corrected chi connectivity index (χ4v) is 2.45. The number of aryl methyl sites for hydroxylation is 1. The lowest BCUT2D eigenvalue weighted by Crippen LogP contribution is -2.19. The predicted octanol–water partition coefficient (Wildman–Crippen LogP) is 3.58. The van der Waals surface area contributed by atoms with Crippen LogP contribution in [-0.2, 0) is 0 Å². The molecule has 0 aliphatic rings. The van der Waals surface area contributed by atoms with E-state index in [1.165, 1.54) is 11.3 Å². The third-order valence-electron chi connectivity index (χ3n) is 2.26.